The largest absolute Gasteiger partial charge is 0.326 e. The van der Waals surface area contributed by atoms with Crippen LogP contribution in [0.25, 0.3) is 0 Å². The average Bonchev–Trinajstić information content (AvgIpc) is 2.17. The molecule has 0 atom stereocenters. The summed E-state index contributed by atoms with van der Waals surface area (Å²) < 4.78 is 12.2. The van der Waals surface area contributed by atoms with Gasteiger partial charge in [-0.2, -0.15) is 0 Å². The predicted octanol–water partition coefficient (Wildman–Crippen LogP) is 2.62. The fourth-order valence-corrected chi connectivity index (χ4v) is 1.84. The number of nitrogens with one attached hydrogen (secondary N) is 1. The lowest BCUT2D eigenvalue weighted by Gasteiger charge is -2.32. The number of amides is 1. The number of anilines is 1. The van der Waals surface area contributed by atoms with Crippen molar-refractivity contribution in [2.75, 3.05) is 12.0 Å². The average molecular weight is 207 g/mol. The van der Waals surface area contributed by atoms with Crippen molar-refractivity contribution in [1.82, 2.24) is 0 Å². The minimum absolute atomic E-state index is 0.00551. The number of halogens is 1. The van der Waals surface area contributed by atoms with Gasteiger partial charge in [-0.3, -0.25) is 9.18 Å². The first-order valence-electron chi connectivity index (χ1n) is 5.21. The van der Waals surface area contributed by atoms with Gasteiger partial charge in [-0.05, 0) is 30.9 Å². The lowest BCUT2D eigenvalue weighted by molar-refractivity contribution is -0.123. The molecule has 1 aliphatic rings. The maximum Gasteiger partial charge on any atom is 0.227 e. The van der Waals surface area contributed by atoms with Gasteiger partial charge in [-0.1, -0.05) is 18.2 Å². The number of hydrogen-bond donors (Lipinski definition) is 1. The van der Waals surface area contributed by atoms with E-state index in [2.05, 4.69) is 5.32 Å². The summed E-state index contributed by atoms with van der Waals surface area (Å²) in [6.07, 6.45) is 1.38. The third kappa shape index (κ3) is 2.35. The van der Waals surface area contributed by atoms with Crippen molar-refractivity contribution in [3.63, 3.8) is 0 Å². The van der Waals surface area contributed by atoms with Crippen LogP contribution in [-0.4, -0.2) is 12.6 Å². The standard InChI is InChI=1S/C12H14FNO/c13-8-9-6-10(7-9)12(15)14-11-4-2-1-3-5-11/h1-5,9-10H,6-8H2,(H,14,15). The van der Waals surface area contributed by atoms with Crippen LogP contribution in [0.4, 0.5) is 10.1 Å². The van der Waals surface area contributed by atoms with Gasteiger partial charge in [0.25, 0.3) is 0 Å². The van der Waals surface area contributed by atoms with Crippen LogP contribution in [0.15, 0.2) is 30.3 Å². The third-order valence-electron chi connectivity index (χ3n) is 2.87. The van der Waals surface area contributed by atoms with Gasteiger partial charge in [0.05, 0.1) is 6.67 Å². The molecular weight excluding hydrogens is 193 g/mol. The Morgan fingerprint density at radius 2 is 2.00 bits per heavy atom. The summed E-state index contributed by atoms with van der Waals surface area (Å²) in [5.41, 5.74) is 0.811. The van der Waals surface area contributed by atoms with Crippen molar-refractivity contribution < 1.29 is 9.18 Å². The van der Waals surface area contributed by atoms with Crippen molar-refractivity contribution in [1.29, 1.82) is 0 Å². The molecule has 1 aromatic carbocycles. The van der Waals surface area contributed by atoms with Gasteiger partial charge in [0.15, 0.2) is 0 Å². The number of para-hydroxylation sites is 1. The summed E-state index contributed by atoms with van der Waals surface area (Å²) in [5.74, 6) is 0.133. The number of benzene rings is 1. The van der Waals surface area contributed by atoms with E-state index in [4.69, 9.17) is 0 Å². The normalized spacial score (nSPS) is 24.3. The smallest absolute Gasteiger partial charge is 0.227 e. The predicted molar refractivity (Wildman–Crippen MR) is 57.3 cm³/mol. The van der Waals surface area contributed by atoms with Crippen molar-refractivity contribution >= 4 is 11.6 Å². The number of carbonyl (C=O) groups is 1. The fraction of sp³-hybridized carbons (Fsp3) is 0.417. The molecule has 1 saturated carbocycles. The minimum atomic E-state index is -0.297. The Kier molecular flexibility index (Phi) is 2.99. The Bertz CT molecular complexity index is 333. The van der Waals surface area contributed by atoms with Crippen LogP contribution >= 0.6 is 0 Å². The molecule has 1 N–H and O–H groups in total. The summed E-state index contributed by atoms with van der Waals surface area (Å²) in [6, 6.07) is 9.35. The van der Waals surface area contributed by atoms with Crippen LogP contribution in [0.1, 0.15) is 12.8 Å². The van der Waals surface area contributed by atoms with Crippen LogP contribution in [-0.2, 0) is 4.79 Å². The molecule has 0 spiro atoms. The first kappa shape index (κ1) is 10.1. The van der Waals surface area contributed by atoms with Gasteiger partial charge in [0.1, 0.15) is 0 Å². The minimum Gasteiger partial charge on any atom is -0.326 e. The van der Waals surface area contributed by atoms with Crippen molar-refractivity contribution in [3.8, 4) is 0 Å². The van der Waals surface area contributed by atoms with Gasteiger partial charge in [0.2, 0.25) is 5.91 Å². The lowest BCUT2D eigenvalue weighted by atomic mass is 9.75. The molecule has 1 aromatic rings. The Morgan fingerprint density at radius 1 is 1.33 bits per heavy atom. The van der Waals surface area contributed by atoms with Crippen LogP contribution in [0, 0.1) is 11.8 Å². The molecule has 80 valence electrons. The van der Waals surface area contributed by atoms with Gasteiger partial charge < -0.3 is 5.32 Å². The van der Waals surface area contributed by atoms with Crippen molar-refractivity contribution in [3.05, 3.63) is 30.3 Å². The molecule has 1 fully saturated rings. The zero-order valence-electron chi connectivity index (χ0n) is 8.45. The molecule has 2 rings (SSSR count). The fourth-order valence-electron chi connectivity index (χ4n) is 1.84. The Morgan fingerprint density at radius 3 is 2.60 bits per heavy atom. The number of hydrogen-bond acceptors (Lipinski definition) is 1. The molecule has 0 bridgehead atoms. The van der Waals surface area contributed by atoms with E-state index in [0.717, 1.165) is 5.69 Å². The number of carbonyl (C=O) groups excluding carboxylic acids is 1. The Labute approximate surface area is 88.5 Å². The number of rotatable bonds is 3. The van der Waals surface area contributed by atoms with Crippen molar-refractivity contribution in [2.45, 2.75) is 12.8 Å². The summed E-state index contributed by atoms with van der Waals surface area (Å²) in [5, 5.41) is 2.83. The quantitative estimate of drug-likeness (QED) is 0.811. The van der Waals surface area contributed by atoms with Gasteiger partial charge in [0, 0.05) is 11.6 Å². The monoisotopic (exact) mass is 207 g/mol. The van der Waals surface area contributed by atoms with Crippen LogP contribution in [0.5, 0.6) is 0 Å². The zero-order chi connectivity index (χ0) is 10.7. The van der Waals surface area contributed by atoms with Gasteiger partial charge in [-0.25, -0.2) is 0 Å². The second kappa shape index (κ2) is 4.43. The SMILES string of the molecule is O=C(Nc1ccccc1)C1CC(CF)C1. The molecule has 3 heteroatoms. The van der Waals surface area contributed by atoms with Gasteiger partial charge in [-0.15, -0.1) is 0 Å². The number of alkyl halides is 1. The van der Waals surface area contributed by atoms with E-state index in [1.807, 2.05) is 30.3 Å². The molecule has 0 saturated heterocycles. The first-order chi connectivity index (χ1) is 7.29. The summed E-state index contributed by atoms with van der Waals surface area (Å²) >= 11 is 0. The summed E-state index contributed by atoms with van der Waals surface area (Å²) in [7, 11) is 0. The van der Waals surface area contributed by atoms with Crippen LogP contribution < -0.4 is 5.32 Å². The molecule has 0 aromatic heterocycles. The molecule has 1 amide bonds. The highest BCUT2D eigenvalue weighted by atomic mass is 19.1. The highest BCUT2D eigenvalue weighted by Gasteiger charge is 2.34. The second-order valence-corrected chi connectivity index (χ2v) is 4.04. The zero-order valence-corrected chi connectivity index (χ0v) is 8.45. The van der Waals surface area contributed by atoms with E-state index in [9.17, 15) is 9.18 Å². The molecule has 0 aliphatic heterocycles. The second-order valence-electron chi connectivity index (χ2n) is 4.04. The van der Waals surface area contributed by atoms with Crippen molar-refractivity contribution in [2.24, 2.45) is 11.8 Å². The van der Waals surface area contributed by atoms with Crippen LogP contribution in [0.2, 0.25) is 0 Å². The topological polar surface area (TPSA) is 29.1 Å². The maximum absolute atomic E-state index is 12.2. The molecule has 2 nitrogen and oxygen atoms in total. The summed E-state index contributed by atoms with van der Waals surface area (Å²) in [6.45, 7) is -0.297. The molecule has 0 heterocycles. The van der Waals surface area contributed by atoms with E-state index >= 15 is 0 Å². The molecule has 0 radical (unpaired) electrons. The first-order valence-corrected chi connectivity index (χ1v) is 5.21. The Hall–Kier alpha value is -1.38. The van der Waals surface area contributed by atoms with E-state index in [0.29, 0.717) is 12.8 Å². The highest BCUT2D eigenvalue weighted by molar-refractivity contribution is 5.93. The van der Waals surface area contributed by atoms with Gasteiger partial charge >= 0.3 is 0 Å². The van der Waals surface area contributed by atoms with E-state index in [1.54, 1.807) is 0 Å². The summed E-state index contributed by atoms with van der Waals surface area (Å²) in [4.78, 5) is 11.6. The maximum atomic E-state index is 12.2. The lowest BCUT2D eigenvalue weighted by Crippen LogP contribution is -2.35. The third-order valence-corrected chi connectivity index (χ3v) is 2.87. The molecule has 1 aliphatic carbocycles. The Balaban J connectivity index is 1.84. The highest BCUT2D eigenvalue weighted by Crippen LogP contribution is 2.34. The van der Waals surface area contributed by atoms with E-state index in [-0.39, 0.29) is 24.4 Å². The van der Waals surface area contributed by atoms with Crippen LogP contribution in [0.3, 0.4) is 0 Å². The molecule has 15 heavy (non-hydrogen) atoms. The van der Waals surface area contributed by atoms with E-state index < -0.39 is 0 Å². The molecule has 0 unspecified atom stereocenters. The van der Waals surface area contributed by atoms with E-state index in [1.165, 1.54) is 0 Å². The molecular formula is C12H14FNO.